The van der Waals surface area contributed by atoms with Crippen molar-refractivity contribution in [2.75, 3.05) is 32.0 Å². The Labute approximate surface area is 159 Å². The van der Waals surface area contributed by atoms with Crippen molar-refractivity contribution in [2.24, 2.45) is 0 Å². The fourth-order valence-corrected chi connectivity index (χ4v) is 5.37. The molecule has 2 heterocycles. The zero-order valence-corrected chi connectivity index (χ0v) is 18.5. The van der Waals surface area contributed by atoms with Crippen LogP contribution >= 0.6 is 17.0 Å². The Morgan fingerprint density at radius 2 is 1.33 bits per heavy atom. The van der Waals surface area contributed by atoms with Crippen LogP contribution in [0.5, 0.6) is 0 Å². The van der Waals surface area contributed by atoms with Crippen LogP contribution < -0.4 is 0 Å². The first-order valence-corrected chi connectivity index (χ1v) is 14.1. The van der Waals surface area contributed by atoms with Gasteiger partial charge >= 0.3 is 114 Å². The summed E-state index contributed by atoms with van der Waals surface area (Å²) >= 11 is 8.05. The summed E-state index contributed by atoms with van der Waals surface area (Å²) in [6, 6.07) is 7.88. The molecular formula is C18H30NO2PSSe. The zero-order chi connectivity index (χ0) is 17.8. The SMILES string of the molecule is CCN(CC)CC.SP(=[Se])(CCc1ccco1)CCc1ccco1. The molecule has 0 radical (unpaired) electrons. The number of rotatable bonds is 9. The predicted molar refractivity (Wildman–Crippen MR) is 110 cm³/mol. The maximum absolute atomic E-state index is 5.33. The molecule has 0 N–H and O–H groups in total. The normalized spacial score (nSPS) is 11.4. The summed E-state index contributed by atoms with van der Waals surface area (Å²) in [5.41, 5.74) is 0. The van der Waals surface area contributed by atoms with Crippen LogP contribution in [0.4, 0.5) is 0 Å². The van der Waals surface area contributed by atoms with Crippen molar-refractivity contribution in [3.05, 3.63) is 48.3 Å². The molecule has 2 rings (SSSR count). The Morgan fingerprint density at radius 3 is 1.58 bits per heavy atom. The van der Waals surface area contributed by atoms with Gasteiger partial charge in [0.2, 0.25) is 0 Å². The third-order valence-electron chi connectivity index (χ3n) is 3.92. The maximum atomic E-state index is 5.33. The second kappa shape index (κ2) is 12.2. The summed E-state index contributed by atoms with van der Waals surface area (Å²) in [7, 11) is 0. The number of thiol groups is 1. The Kier molecular flexibility index (Phi) is 11.1. The van der Waals surface area contributed by atoms with E-state index in [9.17, 15) is 0 Å². The van der Waals surface area contributed by atoms with Crippen molar-refractivity contribution in [3.8, 4) is 0 Å². The Bertz CT molecular complexity index is 520. The van der Waals surface area contributed by atoms with E-state index in [4.69, 9.17) is 21.1 Å². The fraction of sp³-hybridized carbons (Fsp3) is 0.556. The van der Waals surface area contributed by atoms with Gasteiger partial charge in [-0.15, -0.1) is 0 Å². The van der Waals surface area contributed by atoms with Gasteiger partial charge in [0, 0.05) is 0 Å². The second-order valence-corrected chi connectivity index (χ2v) is 16.7. The van der Waals surface area contributed by atoms with Gasteiger partial charge in [0.1, 0.15) is 0 Å². The molecule has 0 saturated heterocycles. The second-order valence-electron chi connectivity index (χ2n) is 5.57. The topological polar surface area (TPSA) is 29.5 Å². The van der Waals surface area contributed by atoms with E-state index in [0.717, 1.165) is 36.7 Å². The number of nitrogens with zero attached hydrogens (tertiary/aromatic N) is 1. The summed E-state index contributed by atoms with van der Waals surface area (Å²) < 4.78 is 9.39. The van der Waals surface area contributed by atoms with Gasteiger partial charge in [-0.25, -0.2) is 0 Å². The van der Waals surface area contributed by atoms with Crippen LogP contribution in [0.15, 0.2) is 45.6 Å². The first kappa shape index (κ1) is 21.9. The van der Waals surface area contributed by atoms with E-state index in [-0.39, 0.29) is 0 Å². The molecule has 0 unspecified atom stereocenters. The summed E-state index contributed by atoms with van der Waals surface area (Å²) in [5, 5.41) is 0. The monoisotopic (exact) mass is 435 g/mol. The molecule has 0 aliphatic heterocycles. The molecule has 0 aromatic carbocycles. The van der Waals surface area contributed by atoms with Crippen molar-refractivity contribution in [3.63, 3.8) is 0 Å². The van der Waals surface area contributed by atoms with Crippen LogP contribution in [-0.2, 0) is 12.8 Å². The van der Waals surface area contributed by atoms with Crippen molar-refractivity contribution >= 4 is 32.1 Å². The minimum atomic E-state index is -1.28. The number of hydrogen-bond donors (Lipinski definition) is 1. The van der Waals surface area contributed by atoms with Gasteiger partial charge < -0.3 is 4.90 Å². The van der Waals surface area contributed by atoms with Gasteiger partial charge in [0.15, 0.2) is 0 Å². The van der Waals surface area contributed by atoms with Gasteiger partial charge in [0.05, 0.1) is 0 Å². The molecule has 0 amide bonds. The molecule has 0 saturated carbocycles. The predicted octanol–water partition coefficient (Wildman–Crippen LogP) is 4.95. The van der Waals surface area contributed by atoms with Crippen LogP contribution in [0, 0.1) is 0 Å². The first-order chi connectivity index (χ1) is 11.5. The third-order valence-corrected chi connectivity index (χ3v) is 9.26. The molecule has 2 aromatic rings. The Balaban J connectivity index is 0.000000351. The number of hydrogen-bond acceptors (Lipinski definition) is 4. The third kappa shape index (κ3) is 9.34. The van der Waals surface area contributed by atoms with Gasteiger partial charge in [-0.2, -0.15) is 0 Å². The Morgan fingerprint density at radius 1 is 0.917 bits per heavy atom. The first-order valence-electron chi connectivity index (χ1n) is 8.58. The van der Waals surface area contributed by atoms with E-state index in [1.807, 2.05) is 24.3 Å². The molecule has 0 bridgehead atoms. The van der Waals surface area contributed by atoms with E-state index in [2.05, 4.69) is 40.8 Å². The molecule has 0 fully saturated rings. The van der Waals surface area contributed by atoms with Gasteiger partial charge in [-0.1, -0.05) is 20.8 Å². The molecule has 2 aromatic heterocycles. The van der Waals surface area contributed by atoms with E-state index >= 15 is 0 Å². The van der Waals surface area contributed by atoms with E-state index in [0.29, 0.717) is 0 Å². The summed E-state index contributed by atoms with van der Waals surface area (Å²) in [6.45, 7) is 10.1. The minimum absolute atomic E-state index is 0.954. The van der Waals surface area contributed by atoms with Crippen molar-refractivity contribution in [1.82, 2.24) is 4.90 Å². The molecule has 6 heteroatoms. The average Bonchev–Trinajstić information content (AvgIpc) is 3.27. The molecule has 24 heavy (non-hydrogen) atoms. The van der Waals surface area contributed by atoms with Crippen molar-refractivity contribution < 1.29 is 8.83 Å². The Hall–Kier alpha value is -0.181. The van der Waals surface area contributed by atoms with Gasteiger partial charge in [-0.3, -0.25) is 0 Å². The molecule has 0 atom stereocenters. The number of furan rings is 2. The number of aryl methyl sites for hydroxylation is 2. The quantitative estimate of drug-likeness (QED) is 0.344. The molecule has 0 spiro atoms. The molecule has 3 nitrogen and oxygen atoms in total. The van der Waals surface area contributed by atoms with Gasteiger partial charge in [-0.05, 0) is 19.6 Å². The standard InChI is InChI=1S/C12H15O2PSSe.C6H15N/c16-15(17,9-5-11-3-1-7-13-11)10-6-12-4-2-8-14-12;1-4-7(5-2)6-3/h1-4,7-8H,5-6,9-10H2,(H,16,17);4-6H2,1-3H3. The zero-order valence-electron chi connectivity index (χ0n) is 15.0. The van der Waals surface area contributed by atoms with Crippen LogP contribution in [0.1, 0.15) is 32.3 Å². The van der Waals surface area contributed by atoms with E-state index in [1.165, 1.54) is 19.6 Å². The fourth-order valence-electron chi connectivity index (χ4n) is 2.26. The van der Waals surface area contributed by atoms with Crippen molar-refractivity contribution in [2.45, 2.75) is 33.6 Å². The van der Waals surface area contributed by atoms with Gasteiger partial charge in [0.25, 0.3) is 0 Å². The van der Waals surface area contributed by atoms with Crippen LogP contribution in [0.3, 0.4) is 0 Å². The van der Waals surface area contributed by atoms with E-state index in [1.54, 1.807) is 12.5 Å². The van der Waals surface area contributed by atoms with E-state index < -0.39 is 4.71 Å². The molecule has 0 aliphatic carbocycles. The summed E-state index contributed by atoms with van der Waals surface area (Å²) in [5.74, 6) is 2.08. The van der Waals surface area contributed by atoms with Crippen molar-refractivity contribution in [1.29, 1.82) is 0 Å². The molecule has 136 valence electrons. The van der Waals surface area contributed by atoms with Crippen LogP contribution in [0.2, 0.25) is 0 Å². The molecule has 0 aliphatic rings. The average molecular weight is 434 g/mol. The summed E-state index contributed by atoms with van der Waals surface area (Å²) in [4.78, 5) is 2.38. The van der Waals surface area contributed by atoms with Crippen LogP contribution in [0.25, 0.3) is 0 Å². The summed E-state index contributed by atoms with van der Waals surface area (Å²) in [6.07, 6.45) is 7.46. The van der Waals surface area contributed by atoms with Crippen LogP contribution in [-0.4, -0.2) is 52.0 Å². The molecular weight excluding hydrogens is 404 g/mol.